The third-order valence-electron chi connectivity index (χ3n) is 1.20. The van der Waals surface area contributed by atoms with Gasteiger partial charge in [0.15, 0.2) is 0 Å². The maximum Gasteiger partial charge on any atom is 0.220 e. The largest absolute Gasteiger partial charge is 0.400 e. The number of nitrogens with one attached hydrogen (secondary N) is 1. The molecule has 1 saturated heterocycles. The van der Waals surface area contributed by atoms with Crippen LogP contribution in [-0.4, -0.2) is 31.0 Å². The Balaban J connectivity index is 0.000000371. The standard InChI is InChI=1S/C5H7NO2.CH4O/c7-3-4-1-5(8)6-2-4;1-2/h3-4H,1-2H2,(H,6,8);2H,1H3. The minimum absolute atomic E-state index is 0.0119. The summed E-state index contributed by atoms with van der Waals surface area (Å²) in [6, 6.07) is 0. The molecule has 1 aliphatic rings. The molecule has 0 bridgehead atoms. The fourth-order valence-electron chi connectivity index (χ4n) is 0.724. The van der Waals surface area contributed by atoms with E-state index in [1.54, 1.807) is 0 Å². The fourth-order valence-corrected chi connectivity index (χ4v) is 0.724. The van der Waals surface area contributed by atoms with E-state index in [0.29, 0.717) is 13.0 Å². The molecule has 0 radical (unpaired) electrons. The molecule has 1 atom stereocenters. The SMILES string of the molecule is CO.O=CC1CNC(=O)C1. The Hall–Kier alpha value is -0.900. The molecule has 1 aliphatic heterocycles. The lowest BCUT2D eigenvalue weighted by Gasteiger charge is -1.88. The fraction of sp³-hybridized carbons (Fsp3) is 0.667. The molecule has 0 spiro atoms. The Labute approximate surface area is 59.2 Å². The second kappa shape index (κ2) is 4.93. The lowest BCUT2D eigenvalue weighted by atomic mass is 10.1. The third kappa shape index (κ3) is 2.59. The molecule has 0 aromatic rings. The lowest BCUT2D eigenvalue weighted by Crippen LogP contribution is -2.13. The van der Waals surface area contributed by atoms with E-state index in [1.807, 2.05) is 0 Å². The first-order valence-electron chi connectivity index (χ1n) is 2.99. The van der Waals surface area contributed by atoms with Crippen LogP contribution in [0, 0.1) is 5.92 Å². The van der Waals surface area contributed by atoms with Crippen molar-refractivity contribution >= 4 is 12.2 Å². The molecule has 0 aliphatic carbocycles. The highest BCUT2D eigenvalue weighted by Crippen LogP contribution is 2.03. The van der Waals surface area contributed by atoms with Gasteiger partial charge in [0.2, 0.25) is 5.91 Å². The summed E-state index contributed by atoms with van der Waals surface area (Å²) < 4.78 is 0. The average molecular weight is 145 g/mol. The molecule has 10 heavy (non-hydrogen) atoms. The maximum absolute atomic E-state index is 10.3. The molecule has 2 N–H and O–H groups in total. The highest BCUT2D eigenvalue weighted by molar-refractivity contribution is 5.82. The minimum atomic E-state index is -0.0671. The molecule has 58 valence electrons. The Morgan fingerprint density at radius 1 is 1.70 bits per heavy atom. The van der Waals surface area contributed by atoms with Gasteiger partial charge in [-0.3, -0.25) is 4.79 Å². The van der Waals surface area contributed by atoms with E-state index < -0.39 is 0 Å². The Morgan fingerprint density at radius 3 is 2.50 bits per heavy atom. The number of hydrogen-bond acceptors (Lipinski definition) is 3. The number of amides is 1. The Kier molecular flexibility index (Phi) is 4.49. The zero-order valence-electron chi connectivity index (χ0n) is 5.83. The van der Waals surface area contributed by atoms with Crippen LogP contribution in [0.5, 0.6) is 0 Å². The molecule has 1 amide bonds. The monoisotopic (exact) mass is 145 g/mol. The topological polar surface area (TPSA) is 66.4 Å². The van der Waals surface area contributed by atoms with Crippen LogP contribution in [-0.2, 0) is 9.59 Å². The van der Waals surface area contributed by atoms with E-state index in [9.17, 15) is 9.59 Å². The van der Waals surface area contributed by atoms with E-state index in [2.05, 4.69) is 5.32 Å². The highest BCUT2D eigenvalue weighted by atomic mass is 16.2. The summed E-state index contributed by atoms with van der Waals surface area (Å²) in [5.41, 5.74) is 0. The number of carbonyl (C=O) groups is 2. The van der Waals surface area contributed by atoms with Crippen LogP contribution >= 0.6 is 0 Å². The smallest absolute Gasteiger partial charge is 0.220 e. The van der Waals surface area contributed by atoms with Gasteiger partial charge in [0.25, 0.3) is 0 Å². The van der Waals surface area contributed by atoms with E-state index in [1.165, 1.54) is 0 Å². The van der Waals surface area contributed by atoms with Gasteiger partial charge in [-0.2, -0.15) is 0 Å². The van der Waals surface area contributed by atoms with E-state index in [4.69, 9.17) is 5.11 Å². The second-order valence-corrected chi connectivity index (χ2v) is 1.90. The molecular weight excluding hydrogens is 134 g/mol. The van der Waals surface area contributed by atoms with Gasteiger partial charge in [0.05, 0.1) is 0 Å². The van der Waals surface area contributed by atoms with Crippen molar-refractivity contribution < 1.29 is 14.7 Å². The number of hydrogen-bond donors (Lipinski definition) is 2. The van der Waals surface area contributed by atoms with Gasteiger partial charge in [-0.05, 0) is 0 Å². The van der Waals surface area contributed by atoms with Crippen molar-refractivity contribution in [1.29, 1.82) is 0 Å². The Bertz CT molecular complexity index is 124. The molecule has 1 fully saturated rings. The predicted octanol–water partition coefficient (Wildman–Crippen LogP) is -1.07. The van der Waals surface area contributed by atoms with Gasteiger partial charge in [-0.25, -0.2) is 0 Å². The Morgan fingerprint density at radius 2 is 2.30 bits per heavy atom. The molecule has 4 nitrogen and oxygen atoms in total. The van der Waals surface area contributed by atoms with Gasteiger partial charge in [-0.15, -0.1) is 0 Å². The number of aliphatic hydroxyl groups excluding tert-OH is 1. The number of aldehydes is 1. The first kappa shape index (κ1) is 9.10. The molecule has 0 aromatic heterocycles. The van der Waals surface area contributed by atoms with Crippen molar-refractivity contribution in [2.45, 2.75) is 6.42 Å². The van der Waals surface area contributed by atoms with Crippen LogP contribution in [0.4, 0.5) is 0 Å². The van der Waals surface area contributed by atoms with Crippen molar-refractivity contribution in [3.63, 3.8) is 0 Å². The van der Waals surface area contributed by atoms with Crippen LogP contribution in [0.15, 0.2) is 0 Å². The number of aliphatic hydroxyl groups is 1. The number of carbonyl (C=O) groups excluding carboxylic acids is 2. The van der Waals surface area contributed by atoms with Gasteiger partial charge < -0.3 is 15.2 Å². The molecule has 1 rings (SSSR count). The van der Waals surface area contributed by atoms with Crippen LogP contribution < -0.4 is 5.32 Å². The molecule has 0 saturated carbocycles. The van der Waals surface area contributed by atoms with Gasteiger partial charge in [0.1, 0.15) is 6.29 Å². The second-order valence-electron chi connectivity index (χ2n) is 1.90. The lowest BCUT2D eigenvalue weighted by molar-refractivity contribution is -0.120. The zero-order valence-corrected chi connectivity index (χ0v) is 5.83. The average Bonchev–Trinajstić information content (AvgIpc) is 2.40. The van der Waals surface area contributed by atoms with Crippen LogP contribution in [0.2, 0.25) is 0 Å². The summed E-state index contributed by atoms with van der Waals surface area (Å²) in [5, 5.41) is 9.55. The third-order valence-corrected chi connectivity index (χ3v) is 1.20. The number of rotatable bonds is 1. The molecular formula is C6H11NO3. The summed E-state index contributed by atoms with van der Waals surface area (Å²) in [6.07, 6.45) is 1.20. The van der Waals surface area contributed by atoms with Crippen molar-refractivity contribution in [3.8, 4) is 0 Å². The summed E-state index contributed by atoms with van der Waals surface area (Å²) >= 11 is 0. The van der Waals surface area contributed by atoms with E-state index in [-0.39, 0.29) is 11.8 Å². The van der Waals surface area contributed by atoms with Gasteiger partial charge >= 0.3 is 0 Å². The van der Waals surface area contributed by atoms with Crippen LogP contribution in [0.25, 0.3) is 0 Å². The quantitative estimate of drug-likeness (QED) is 0.462. The summed E-state index contributed by atoms with van der Waals surface area (Å²) in [4.78, 5) is 20.3. The van der Waals surface area contributed by atoms with Crippen molar-refractivity contribution in [1.82, 2.24) is 5.32 Å². The normalized spacial score (nSPS) is 22.6. The summed E-state index contributed by atoms with van der Waals surface area (Å²) in [7, 11) is 1.00. The molecule has 0 aromatic carbocycles. The maximum atomic E-state index is 10.3. The predicted molar refractivity (Wildman–Crippen MR) is 35.3 cm³/mol. The molecule has 4 heteroatoms. The first-order chi connectivity index (χ1) is 4.83. The van der Waals surface area contributed by atoms with E-state index >= 15 is 0 Å². The van der Waals surface area contributed by atoms with Crippen molar-refractivity contribution in [3.05, 3.63) is 0 Å². The van der Waals surface area contributed by atoms with Crippen LogP contribution in [0.1, 0.15) is 6.42 Å². The molecule has 1 unspecified atom stereocenters. The van der Waals surface area contributed by atoms with Crippen molar-refractivity contribution in [2.75, 3.05) is 13.7 Å². The summed E-state index contributed by atoms with van der Waals surface area (Å²) in [6.45, 7) is 0.530. The van der Waals surface area contributed by atoms with Crippen LogP contribution in [0.3, 0.4) is 0 Å². The van der Waals surface area contributed by atoms with Crippen molar-refractivity contribution in [2.24, 2.45) is 5.92 Å². The highest BCUT2D eigenvalue weighted by Gasteiger charge is 2.19. The minimum Gasteiger partial charge on any atom is -0.400 e. The van der Waals surface area contributed by atoms with Gasteiger partial charge in [0, 0.05) is 26.0 Å². The first-order valence-corrected chi connectivity index (χ1v) is 2.99. The zero-order chi connectivity index (χ0) is 7.98. The summed E-state index contributed by atoms with van der Waals surface area (Å²) in [5.74, 6) is -0.0791. The van der Waals surface area contributed by atoms with Gasteiger partial charge in [-0.1, -0.05) is 0 Å². The van der Waals surface area contributed by atoms with E-state index in [0.717, 1.165) is 13.4 Å². The molecule has 1 heterocycles.